The summed E-state index contributed by atoms with van der Waals surface area (Å²) in [5.41, 5.74) is 1.93. The Balaban J connectivity index is 2.08. The molecule has 0 amide bonds. The molecule has 0 aliphatic carbocycles. The predicted molar refractivity (Wildman–Crippen MR) is 95.8 cm³/mol. The van der Waals surface area contributed by atoms with Gasteiger partial charge in [-0.2, -0.15) is 5.26 Å². The second kappa shape index (κ2) is 6.97. The average Bonchev–Trinajstić information content (AvgIpc) is 2.66. The molecule has 126 valence electrons. The van der Waals surface area contributed by atoms with Gasteiger partial charge in [0.25, 0.3) is 0 Å². The molecule has 0 saturated heterocycles. The molecule has 0 unspecified atom stereocenters. The highest BCUT2D eigenvalue weighted by Gasteiger charge is 2.15. The van der Waals surface area contributed by atoms with Gasteiger partial charge in [0.15, 0.2) is 11.5 Å². The smallest absolute Gasteiger partial charge is 0.203 e. The molecule has 0 aliphatic heterocycles. The van der Waals surface area contributed by atoms with Crippen LogP contribution in [-0.2, 0) is 0 Å². The summed E-state index contributed by atoms with van der Waals surface area (Å²) in [6.45, 7) is 0. The number of methoxy groups -OCH3 is 3. The summed E-state index contributed by atoms with van der Waals surface area (Å²) in [6, 6.07) is 15.2. The minimum atomic E-state index is 0.451. The van der Waals surface area contributed by atoms with Gasteiger partial charge < -0.3 is 19.5 Å². The summed E-state index contributed by atoms with van der Waals surface area (Å²) in [6.07, 6.45) is 0. The summed E-state index contributed by atoms with van der Waals surface area (Å²) in [4.78, 5) is 4.55. The number of ether oxygens (including phenoxy) is 3. The molecule has 0 fully saturated rings. The lowest BCUT2D eigenvalue weighted by molar-refractivity contribution is 0.324. The fourth-order valence-corrected chi connectivity index (χ4v) is 2.59. The van der Waals surface area contributed by atoms with Crippen molar-refractivity contribution >= 4 is 22.4 Å². The van der Waals surface area contributed by atoms with Crippen molar-refractivity contribution in [1.29, 1.82) is 5.26 Å². The normalized spacial score (nSPS) is 10.2. The Morgan fingerprint density at radius 1 is 0.960 bits per heavy atom. The molecule has 3 aromatic rings. The van der Waals surface area contributed by atoms with Gasteiger partial charge in [0.2, 0.25) is 5.75 Å². The van der Waals surface area contributed by atoms with Crippen LogP contribution in [0, 0.1) is 11.3 Å². The van der Waals surface area contributed by atoms with E-state index in [9.17, 15) is 5.26 Å². The Morgan fingerprint density at radius 3 is 2.24 bits per heavy atom. The number of nitriles is 1. The van der Waals surface area contributed by atoms with Crippen molar-refractivity contribution in [3.63, 3.8) is 0 Å². The zero-order chi connectivity index (χ0) is 17.8. The highest BCUT2D eigenvalue weighted by molar-refractivity contribution is 5.84. The SMILES string of the molecule is COc1cc(Nc2nc3ccccc3cc2C#N)cc(OC)c1OC. The van der Waals surface area contributed by atoms with Gasteiger partial charge in [0.1, 0.15) is 11.9 Å². The summed E-state index contributed by atoms with van der Waals surface area (Å²) < 4.78 is 16.0. The number of pyridine rings is 1. The third-order valence-corrected chi connectivity index (χ3v) is 3.77. The molecule has 3 rings (SSSR count). The fourth-order valence-electron chi connectivity index (χ4n) is 2.59. The van der Waals surface area contributed by atoms with Crippen LogP contribution in [0.2, 0.25) is 0 Å². The quantitative estimate of drug-likeness (QED) is 0.762. The third-order valence-electron chi connectivity index (χ3n) is 3.77. The maximum atomic E-state index is 9.44. The molecule has 0 atom stereocenters. The van der Waals surface area contributed by atoms with E-state index in [1.165, 1.54) is 0 Å². The van der Waals surface area contributed by atoms with Gasteiger partial charge in [-0.3, -0.25) is 0 Å². The second-order valence-corrected chi connectivity index (χ2v) is 5.23. The van der Waals surface area contributed by atoms with Gasteiger partial charge in [0, 0.05) is 23.2 Å². The van der Waals surface area contributed by atoms with Crippen molar-refractivity contribution in [2.75, 3.05) is 26.6 Å². The van der Waals surface area contributed by atoms with Gasteiger partial charge in [-0.15, -0.1) is 0 Å². The molecule has 0 radical (unpaired) electrons. The van der Waals surface area contributed by atoms with Gasteiger partial charge >= 0.3 is 0 Å². The molecule has 2 aromatic carbocycles. The van der Waals surface area contributed by atoms with Crippen LogP contribution in [0.1, 0.15) is 5.56 Å². The molecular weight excluding hydrogens is 318 g/mol. The number of hydrogen-bond donors (Lipinski definition) is 1. The van der Waals surface area contributed by atoms with Crippen LogP contribution in [0.5, 0.6) is 17.2 Å². The van der Waals surface area contributed by atoms with Crippen LogP contribution in [-0.4, -0.2) is 26.3 Å². The number of fused-ring (bicyclic) bond motifs is 1. The fraction of sp³-hybridized carbons (Fsp3) is 0.158. The van der Waals surface area contributed by atoms with E-state index in [1.54, 1.807) is 33.5 Å². The first-order valence-electron chi connectivity index (χ1n) is 7.57. The topological polar surface area (TPSA) is 76.4 Å². The lowest BCUT2D eigenvalue weighted by Gasteiger charge is -2.15. The molecule has 0 aliphatic rings. The highest BCUT2D eigenvalue weighted by atomic mass is 16.5. The van der Waals surface area contributed by atoms with Crippen molar-refractivity contribution < 1.29 is 14.2 Å². The average molecular weight is 335 g/mol. The van der Waals surface area contributed by atoms with Crippen LogP contribution in [0.25, 0.3) is 10.9 Å². The number of benzene rings is 2. The molecule has 1 aromatic heterocycles. The van der Waals surface area contributed by atoms with Crippen LogP contribution in [0.15, 0.2) is 42.5 Å². The number of nitrogens with one attached hydrogen (secondary N) is 1. The number of hydrogen-bond acceptors (Lipinski definition) is 6. The lowest BCUT2D eigenvalue weighted by Crippen LogP contribution is -2.00. The standard InChI is InChI=1S/C19H17N3O3/c1-23-16-9-14(10-17(24-2)18(16)25-3)21-19-13(11-20)8-12-6-4-5-7-15(12)22-19/h4-10H,1-3H3,(H,21,22). The zero-order valence-electron chi connectivity index (χ0n) is 14.2. The molecule has 25 heavy (non-hydrogen) atoms. The number of nitrogens with zero attached hydrogens (tertiary/aromatic N) is 2. The van der Waals surface area contributed by atoms with Crippen LogP contribution in [0.3, 0.4) is 0 Å². The molecule has 0 spiro atoms. The van der Waals surface area contributed by atoms with Crippen LogP contribution in [0.4, 0.5) is 11.5 Å². The molecule has 0 saturated carbocycles. The number of rotatable bonds is 5. The van der Waals surface area contributed by atoms with E-state index in [0.29, 0.717) is 34.3 Å². The summed E-state index contributed by atoms with van der Waals surface area (Å²) in [5.74, 6) is 2.00. The Morgan fingerprint density at radius 2 is 1.64 bits per heavy atom. The first-order valence-corrected chi connectivity index (χ1v) is 7.57. The van der Waals surface area contributed by atoms with E-state index in [0.717, 1.165) is 10.9 Å². The first-order chi connectivity index (χ1) is 12.2. The van der Waals surface area contributed by atoms with Gasteiger partial charge in [-0.25, -0.2) is 4.98 Å². The summed E-state index contributed by atoms with van der Waals surface area (Å²) in [7, 11) is 4.65. The second-order valence-electron chi connectivity index (χ2n) is 5.23. The van der Waals surface area contributed by atoms with Crippen molar-refractivity contribution in [3.05, 3.63) is 48.0 Å². The maximum Gasteiger partial charge on any atom is 0.203 e. The Hall–Kier alpha value is -3.46. The Labute approximate surface area is 145 Å². The first kappa shape index (κ1) is 16.4. The Kier molecular flexibility index (Phi) is 4.57. The monoisotopic (exact) mass is 335 g/mol. The van der Waals surface area contributed by atoms with E-state index in [2.05, 4.69) is 16.4 Å². The number of anilines is 2. The summed E-state index contributed by atoms with van der Waals surface area (Å²) in [5, 5.41) is 13.5. The molecule has 0 bridgehead atoms. The van der Waals surface area contributed by atoms with Gasteiger partial charge in [-0.05, 0) is 12.1 Å². The summed E-state index contributed by atoms with van der Waals surface area (Å²) >= 11 is 0. The van der Waals surface area contributed by atoms with Crippen LogP contribution < -0.4 is 19.5 Å². The van der Waals surface area contributed by atoms with Crippen molar-refractivity contribution in [2.24, 2.45) is 0 Å². The van der Waals surface area contributed by atoms with Gasteiger partial charge in [0.05, 0.1) is 32.4 Å². The van der Waals surface area contributed by atoms with Crippen molar-refractivity contribution in [3.8, 4) is 23.3 Å². The minimum Gasteiger partial charge on any atom is -0.493 e. The van der Waals surface area contributed by atoms with E-state index in [-0.39, 0.29) is 0 Å². The minimum absolute atomic E-state index is 0.451. The molecule has 6 heteroatoms. The van der Waals surface area contributed by atoms with Crippen molar-refractivity contribution in [1.82, 2.24) is 4.98 Å². The largest absolute Gasteiger partial charge is 0.493 e. The molecule has 6 nitrogen and oxygen atoms in total. The molecule has 1 heterocycles. The number of para-hydroxylation sites is 1. The number of aromatic nitrogens is 1. The molecule has 1 N–H and O–H groups in total. The van der Waals surface area contributed by atoms with Crippen molar-refractivity contribution in [2.45, 2.75) is 0 Å². The van der Waals surface area contributed by atoms with E-state index in [4.69, 9.17) is 14.2 Å². The molecular formula is C19H17N3O3. The lowest BCUT2D eigenvalue weighted by atomic mass is 10.1. The van der Waals surface area contributed by atoms with Crippen LogP contribution >= 0.6 is 0 Å². The van der Waals surface area contributed by atoms with E-state index in [1.807, 2.05) is 30.3 Å². The third kappa shape index (κ3) is 3.12. The van der Waals surface area contributed by atoms with Gasteiger partial charge in [-0.1, -0.05) is 18.2 Å². The van der Waals surface area contributed by atoms with E-state index < -0.39 is 0 Å². The predicted octanol–water partition coefficient (Wildman–Crippen LogP) is 3.88. The highest BCUT2D eigenvalue weighted by Crippen LogP contribution is 2.40. The maximum absolute atomic E-state index is 9.44. The zero-order valence-corrected chi connectivity index (χ0v) is 14.2. The van der Waals surface area contributed by atoms with E-state index >= 15 is 0 Å². The Bertz CT molecular complexity index is 939.